The van der Waals surface area contributed by atoms with Crippen LogP contribution in [0, 0.1) is 18.6 Å². The number of amides is 1. The monoisotopic (exact) mass is 277 g/mol. The molecule has 0 aliphatic rings. The molecule has 0 spiro atoms. The molecule has 0 atom stereocenters. The van der Waals surface area contributed by atoms with Crippen molar-refractivity contribution in [2.75, 3.05) is 11.9 Å². The van der Waals surface area contributed by atoms with E-state index in [9.17, 15) is 18.7 Å². The van der Waals surface area contributed by atoms with Crippen LogP contribution >= 0.6 is 0 Å². The van der Waals surface area contributed by atoms with Gasteiger partial charge in [0.1, 0.15) is 17.4 Å². The van der Waals surface area contributed by atoms with E-state index in [-0.39, 0.29) is 16.9 Å². The van der Waals surface area contributed by atoms with Crippen LogP contribution in [0.25, 0.3) is 0 Å². The Morgan fingerprint density at radius 1 is 1.15 bits per heavy atom. The zero-order valence-corrected chi connectivity index (χ0v) is 11.0. The van der Waals surface area contributed by atoms with Gasteiger partial charge in [-0.25, -0.2) is 8.78 Å². The number of phenolic OH excluding ortho intramolecular Hbond substituents is 1. The molecule has 2 aromatic carbocycles. The van der Waals surface area contributed by atoms with Crippen LogP contribution in [0.1, 0.15) is 15.9 Å². The minimum Gasteiger partial charge on any atom is -0.508 e. The fourth-order valence-corrected chi connectivity index (χ4v) is 1.82. The highest BCUT2D eigenvalue weighted by Crippen LogP contribution is 2.22. The van der Waals surface area contributed by atoms with Gasteiger partial charge in [0.2, 0.25) is 0 Å². The number of carbonyl (C=O) groups excluding carboxylic acids is 1. The molecule has 1 amide bonds. The van der Waals surface area contributed by atoms with Gasteiger partial charge in [-0.3, -0.25) is 4.79 Å². The molecule has 2 aromatic rings. The summed E-state index contributed by atoms with van der Waals surface area (Å²) >= 11 is 0. The summed E-state index contributed by atoms with van der Waals surface area (Å²) in [5, 5.41) is 9.39. The molecule has 0 aliphatic heterocycles. The number of anilines is 1. The molecule has 0 unspecified atom stereocenters. The molecular weight excluding hydrogens is 264 g/mol. The van der Waals surface area contributed by atoms with Gasteiger partial charge in [-0.05, 0) is 30.7 Å². The fourth-order valence-electron chi connectivity index (χ4n) is 1.82. The molecule has 1 N–H and O–H groups in total. The van der Waals surface area contributed by atoms with Crippen LogP contribution in [-0.2, 0) is 0 Å². The van der Waals surface area contributed by atoms with E-state index in [1.165, 1.54) is 37.1 Å². The molecule has 2 rings (SSSR count). The number of hydrogen-bond acceptors (Lipinski definition) is 2. The van der Waals surface area contributed by atoms with E-state index in [0.29, 0.717) is 11.8 Å². The number of phenols is 1. The highest BCUT2D eigenvalue weighted by Gasteiger charge is 2.19. The maximum Gasteiger partial charge on any atom is 0.260 e. The molecule has 0 fully saturated rings. The minimum absolute atomic E-state index is 0.00194. The van der Waals surface area contributed by atoms with Crippen molar-refractivity contribution in [2.24, 2.45) is 0 Å². The molecule has 3 nitrogen and oxygen atoms in total. The zero-order valence-electron chi connectivity index (χ0n) is 11.0. The molecule has 0 aliphatic carbocycles. The average Bonchev–Trinajstić information content (AvgIpc) is 2.41. The summed E-state index contributed by atoms with van der Waals surface area (Å²) in [5.41, 5.74) is 0.394. The van der Waals surface area contributed by atoms with Crippen molar-refractivity contribution in [3.8, 4) is 5.75 Å². The Morgan fingerprint density at radius 2 is 1.85 bits per heavy atom. The maximum atomic E-state index is 13.7. The Kier molecular flexibility index (Phi) is 3.70. The van der Waals surface area contributed by atoms with E-state index in [1.807, 2.05) is 0 Å². The smallest absolute Gasteiger partial charge is 0.260 e. The first-order valence-corrected chi connectivity index (χ1v) is 5.93. The molecule has 5 heteroatoms. The van der Waals surface area contributed by atoms with Gasteiger partial charge in [-0.2, -0.15) is 0 Å². The Hall–Kier alpha value is -2.43. The lowest BCUT2D eigenvalue weighted by Gasteiger charge is -2.18. The number of halogens is 2. The summed E-state index contributed by atoms with van der Waals surface area (Å²) in [6.07, 6.45) is 0. The summed E-state index contributed by atoms with van der Waals surface area (Å²) in [7, 11) is 1.45. The third kappa shape index (κ3) is 2.61. The van der Waals surface area contributed by atoms with Crippen molar-refractivity contribution in [1.82, 2.24) is 0 Å². The Balaban J connectivity index is 2.39. The van der Waals surface area contributed by atoms with Gasteiger partial charge in [0, 0.05) is 24.9 Å². The van der Waals surface area contributed by atoms with E-state index < -0.39 is 17.5 Å². The number of nitrogens with zero attached hydrogens (tertiary/aromatic N) is 1. The van der Waals surface area contributed by atoms with Crippen LogP contribution in [0.2, 0.25) is 0 Å². The van der Waals surface area contributed by atoms with Gasteiger partial charge < -0.3 is 10.0 Å². The van der Waals surface area contributed by atoms with Crippen LogP contribution in [0.3, 0.4) is 0 Å². The van der Waals surface area contributed by atoms with Crippen LogP contribution < -0.4 is 4.90 Å². The fraction of sp³-hybridized carbons (Fsp3) is 0.133. The largest absolute Gasteiger partial charge is 0.508 e. The number of carbonyl (C=O) groups is 1. The summed E-state index contributed by atoms with van der Waals surface area (Å²) in [6, 6.07) is 7.88. The quantitative estimate of drug-likeness (QED) is 0.915. The Morgan fingerprint density at radius 3 is 2.50 bits per heavy atom. The first-order valence-electron chi connectivity index (χ1n) is 5.93. The lowest BCUT2D eigenvalue weighted by molar-refractivity contribution is 0.0989. The first kappa shape index (κ1) is 14.0. The van der Waals surface area contributed by atoms with Crippen LogP contribution in [-0.4, -0.2) is 18.1 Å². The van der Waals surface area contributed by atoms with E-state index >= 15 is 0 Å². The maximum absolute atomic E-state index is 13.7. The van der Waals surface area contributed by atoms with E-state index in [4.69, 9.17) is 0 Å². The normalized spacial score (nSPS) is 10.4. The van der Waals surface area contributed by atoms with E-state index in [2.05, 4.69) is 0 Å². The van der Waals surface area contributed by atoms with Gasteiger partial charge in [-0.1, -0.05) is 6.07 Å². The second-order valence-electron chi connectivity index (χ2n) is 4.47. The molecule has 0 radical (unpaired) electrons. The minimum atomic E-state index is -0.912. The molecule has 104 valence electrons. The summed E-state index contributed by atoms with van der Waals surface area (Å²) in [6.45, 7) is 1.46. The van der Waals surface area contributed by atoms with Gasteiger partial charge in [0.05, 0.1) is 5.56 Å². The number of benzene rings is 2. The van der Waals surface area contributed by atoms with Gasteiger partial charge >= 0.3 is 0 Å². The van der Waals surface area contributed by atoms with E-state index in [0.717, 1.165) is 0 Å². The molecule has 20 heavy (non-hydrogen) atoms. The molecular formula is C15H13F2NO2. The van der Waals surface area contributed by atoms with Crippen molar-refractivity contribution >= 4 is 11.6 Å². The summed E-state index contributed by atoms with van der Waals surface area (Å²) < 4.78 is 26.9. The predicted molar refractivity (Wildman–Crippen MR) is 71.9 cm³/mol. The lowest BCUT2D eigenvalue weighted by atomic mass is 10.1. The lowest BCUT2D eigenvalue weighted by Crippen LogP contribution is -2.27. The molecule has 0 heterocycles. The third-order valence-electron chi connectivity index (χ3n) is 3.00. The number of hydrogen-bond donors (Lipinski definition) is 1. The predicted octanol–water partition coefficient (Wildman–Crippen LogP) is 3.26. The Bertz CT molecular complexity index is 671. The highest BCUT2D eigenvalue weighted by molar-refractivity contribution is 6.06. The van der Waals surface area contributed by atoms with Crippen molar-refractivity contribution in [1.29, 1.82) is 0 Å². The molecule has 0 saturated carbocycles. The van der Waals surface area contributed by atoms with Crippen LogP contribution in [0.15, 0.2) is 36.4 Å². The number of aryl methyl sites for hydroxylation is 1. The van der Waals surface area contributed by atoms with Crippen LogP contribution in [0.4, 0.5) is 14.5 Å². The van der Waals surface area contributed by atoms with Gasteiger partial charge in [-0.15, -0.1) is 0 Å². The molecule has 0 saturated heterocycles. The SMILES string of the molecule is Cc1cc(C(=O)N(C)c2cccc(O)c2)c(F)cc1F. The average molecular weight is 277 g/mol. The van der Waals surface area contributed by atoms with Crippen molar-refractivity contribution in [2.45, 2.75) is 6.92 Å². The van der Waals surface area contributed by atoms with Crippen molar-refractivity contribution in [3.63, 3.8) is 0 Å². The summed E-state index contributed by atoms with van der Waals surface area (Å²) in [4.78, 5) is 13.4. The summed E-state index contributed by atoms with van der Waals surface area (Å²) in [5.74, 6) is -2.22. The van der Waals surface area contributed by atoms with Gasteiger partial charge in [0.25, 0.3) is 5.91 Å². The zero-order chi connectivity index (χ0) is 14.9. The highest BCUT2D eigenvalue weighted by atomic mass is 19.1. The van der Waals surface area contributed by atoms with Crippen LogP contribution in [0.5, 0.6) is 5.75 Å². The van der Waals surface area contributed by atoms with E-state index in [1.54, 1.807) is 12.1 Å². The van der Waals surface area contributed by atoms with Gasteiger partial charge in [0.15, 0.2) is 0 Å². The second kappa shape index (κ2) is 5.28. The topological polar surface area (TPSA) is 40.5 Å². The third-order valence-corrected chi connectivity index (χ3v) is 3.00. The van der Waals surface area contributed by atoms with Crippen molar-refractivity contribution in [3.05, 3.63) is 59.2 Å². The standard InChI is InChI=1S/C15H13F2NO2/c1-9-6-12(14(17)8-13(9)16)15(20)18(2)10-4-3-5-11(19)7-10/h3-8,19H,1-2H3. The molecule has 0 bridgehead atoms. The first-order chi connectivity index (χ1) is 9.40. The van der Waals surface area contributed by atoms with Crippen molar-refractivity contribution < 1.29 is 18.7 Å². The second-order valence-corrected chi connectivity index (χ2v) is 4.47. The Labute approximate surface area is 115 Å². The number of aromatic hydroxyl groups is 1. The molecule has 0 aromatic heterocycles. The number of rotatable bonds is 2.